The maximum atomic E-state index is 5.97. The lowest BCUT2D eigenvalue weighted by atomic mass is 10.1. The Labute approximate surface area is 120 Å². The molecule has 0 saturated carbocycles. The Balaban J connectivity index is 1.41. The van der Waals surface area contributed by atoms with Gasteiger partial charge in [-0.15, -0.1) is 0 Å². The molecular formula is C17H21NO2. The Morgan fingerprint density at radius 3 is 2.90 bits per heavy atom. The molecule has 0 spiro atoms. The molecule has 0 fully saturated rings. The van der Waals surface area contributed by atoms with Gasteiger partial charge in [-0.3, -0.25) is 0 Å². The first kappa shape index (κ1) is 13.3. The number of ether oxygens (including phenoxy) is 1. The second kappa shape index (κ2) is 6.14. The summed E-state index contributed by atoms with van der Waals surface area (Å²) in [6, 6.07) is 12.3. The largest absolute Gasteiger partial charge is 0.488 e. The fourth-order valence-electron chi connectivity index (χ4n) is 2.77. The van der Waals surface area contributed by atoms with Gasteiger partial charge in [0, 0.05) is 19.4 Å². The molecule has 1 atom stereocenters. The van der Waals surface area contributed by atoms with Crippen molar-refractivity contribution in [3.8, 4) is 5.75 Å². The zero-order chi connectivity index (χ0) is 13.8. The zero-order valence-electron chi connectivity index (χ0n) is 11.9. The fraction of sp³-hybridized carbons (Fsp3) is 0.412. The fourth-order valence-corrected chi connectivity index (χ4v) is 2.77. The Morgan fingerprint density at radius 2 is 2.10 bits per heavy atom. The van der Waals surface area contributed by atoms with Crippen LogP contribution in [0.2, 0.25) is 0 Å². The van der Waals surface area contributed by atoms with Gasteiger partial charge in [-0.25, -0.2) is 0 Å². The number of hydrogen-bond donors (Lipinski definition) is 0. The van der Waals surface area contributed by atoms with Crippen LogP contribution in [0.15, 0.2) is 47.1 Å². The number of benzene rings is 1. The molecule has 0 amide bonds. The third kappa shape index (κ3) is 3.23. The number of hydrogen-bond acceptors (Lipinski definition) is 3. The lowest BCUT2D eigenvalue weighted by molar-refractivity contribution is 0.167. The van der Waals surface area contributed by atoms with E-state index in [4.69, 9.17) is 9.15 Å². The minimum absolute atomic E-state index is 0.293. The Bertz CT molecular complexity index is 511. The monoisotopic (exact) mass is 271 g/mol. The van der Waals surface area contributed by atoms with Crippen LogP contribution in [0.4, 0.5) is 0 Å². The summed E-state index contributed by atoms with van der Waals surface area (Å²) in [5, 5.41) is 0. The van der Waals surface area contributed by atoms with Gasteiger partial charge in [-0.2, -0.15) is 0 Å². The molecule has 106 valence electrons. The summed E-state index contributed by atoms with van der Waals surface area (Å²) in [7, 11) is 2.16. The van der Waals surface area contributed by atoms with Crippen molar-refractivity contribution in [3.05, 3.63) is 54.0 Å². The summed E-state index contributed by atoms with van der Waals surface area (Å²) >= 11 is 0. The molecule has 1 aliphatic heterocycles. The summed E-state index contributed by atoms with van der Waals surface area (Å²) < 4.78 is 11.3. The van der Waals surface area contributed by atoms with E-state index in [-0.39, 0.29) is 0 Å². The van der Waals surface area contributed by atoms with Crippen LogP contribution in [-0.4, -0.2) is 31.1 Å². The van der Waals surface area contributed by atoms with Crippen molar-refractivity contribution in [3.63, 3.8) is 0 Å². The lowest BCUT2D eigenvalue weighted by Crippen LogP contribution is -2.32. The highest BCUT2D eigenvalue weighted by atomic mass is 16.5. The van der Waals surface area contributed by atoms with Crippen LogP contribution in [-0.2, 0) is 12.8 Å². The molecule has 1 aromatic carbocycles. The predicted molar refractivity (Wildman–Crippen MR) is 79.1 cm³/mol. The predicted octanol–water partition coefficient (Wildman–Crippen LogP) is 3.15. The van der Waals surface area contributed by atoms with E-state index in [2.05, 4.69) is 30.1 Å². The van der Waals surface area contributed by atoms with Gasteiger partial charge in [-0.1, -0.05) is 18.2 Å². The number of para-hydroxylation sites is 1. The molecule has 2 aromatic rings. The normalized spacial score (nSPS) is 17.2. The standard InChI is InChI=1S/C17H21NO2/c1-18(10-4-7-15-8-5-11-19-15)13-16-12-14-6-2-3-9-17(14)20-16/h2-3,5-6,8-9,11,16H,4,7,10,12-13H2,1H3/t16-/m0/s1. The van der Waals surface area contributed by atoms with Crippen molar-refractivity contribution in [1.82, 2.24) is 4.90 Å². The summed E-state index contributed by atoms with van der Waals surface area (Å²) in [6.07, 6.45) is 5.18. The smallest absolute Gasteiger partial charge is 0.123 e. The first-order chi connectivity index (χ1) is 9.81. The number of furan rings is 1. The van der Waals surface area contributed by atoms with E-state index in [0.29, 0.717) is 6.10 Å². The van der Waals surface area contributed by atoms with Gasteiger partial charge in [-0.05, 0) is 43.8 Å². The van der Waals surface area contributed by atoms with E-state index >= 15 is 0 Å². The molecule has 0 unspecified atom stereocenters. The third-order valence-electron chi connectivity index (χ3n) is 3.77. The molecule has 3 rings (SSSR count). The quantitative estimate of drug-likeness (QED) is 0.807. The van der Waals surface area contributed by atoms with Crippen LogP contribution >= 0.6 is 0 Å². The minimum atomic E-state index is 0.293. The highest BCUT2D eigenvalue weighted by Crippen LogP contribution is 2.28. The number of fused-ring (bicyclic) bond motifs is 1. The van der Waals surface area contributed by atoms with Gasteiger partial charge in [0.1, 0.15) is 17.6 Å². The molecular weight excluding hydrogens is 250 g/mol. The molecule has 20 heavy (non-hydrogen) atoms. The van der Waals surface area contributed by atoms with Crippen LogP contribution in [0.3, 0.4) is 0 Å². The van der Waals surface area contributed by atoms with Gasteiger partial charge in [0.25, 0.3) is 0 Å². The van der Waals surface area contributed by atoms with Gasteiger partial charge >= 0.3 is 0 Å². The van der Waals surface area contributed by atoms with Crippen molar-refractivity contribution < 1.29 is 9.15 Å². The summed E-state index contributed by atoms with van der Waals surface area (Å²) in [6.45, 7) is 2.05. The van der Waals surface area contributed by atoms with E-state index in [1.807, 2.05) is 18.2 Å². The maximum Gasteiger partial charge on any atom is 0.123 e. The van der Waals surface area contributed by atoms with Crippen molar-refractivity contribution in [1.29, 1.82) is 0 Å². The maximum absolute atomic E-state index is 5.97. The van der Waals surface area contributed by atoms with Gasteiger partial charge < -0.3 is 14.1 Å². The summed E-state index contributed by atoms with van der Waals surface area (Å²) in [5.74, 6) is 2.13. The third-order valence-corrected chi connectivity index (χ3v) is 3.77. The number of rotatable bonds is 6. The average molecular weight is 271 g/mol. The zero-order valence-corrected chi connectivity index (χ0v) is 11.9. The Kier molecular flexibility index (Phi) is 4.07. The molecule has 3 nitrogen and oxygen atoms in total. The van der Waals surface area contributed by atoms with Crippen LogP contribution in [0.25, 0.3) is 0 Å². The average Bonchev–Trinajstić information content (AvgIpc) is 3.06. The summed E-state index contributed by atoms with van der Waals surface area (Å²) in [4.78, 5) is 2.35. The Morgan fingerprint density at radius 1 is 1.20 bits per heavy atom. The second-order valence-electron chi connectivity index (χ2n) is 5.50. The number of likely N-dealkylation sites (N-methyl/N-ethyl adjacent to an activating group) is 1. The SMILES string of the molecule is CN(CCCc1ccco1)C[C@@H]1Cc2ccccc2O1. The minimum Gasteiger partial charge on any atom is -0.488 e. The summed E-state index contributed by atoms with van der Waals surface area (Å²) in [5.41, 5.74) is 1.33. The van der Waals surface area contributed by atoms with Gasteiger partial charge in [0.05, 0.1) is 6.26 Å². The highest BCUT2D eigenvalue weighted by molar-refractivity contribution is 5.37. The molecule has 2 heterocycles. The molecule has 1 aliphatic rings. The number of nitrogens with zero attached hydrogens (tertiary/aromatic N) is 1. The first-order valence-electron chi connectivity index (χ1n) is 7.27. The number of aryl methyl sites for hydroxylation is 1. The second-order valence-corrected chi connectivity index (χ2v) is 5.50. The van der Waals surface area contributed by atoms with E-state index in [1.165, 1.54) is 5.56 Å². The van der Waals surface area contributed by atoms with E-state index in [1.54, 1.807) is 6.26 Å². The van der Waals surface area contributed by atoms with Crippen LogP contribution in [0, 0.1) is 0 Å². The van der Waals surface area contributed by atoms with Crippen LogP contribution < -0.4 is 4.74 Å². The van der Waals surface area contributed by atoms with E-state index in [9.17, 15) is 0 Å². The van der Waals surface area contributed by atoms with E-state index < -0.39 is 0 Å². The molecule has 0 saturated heterocycles. The lowest BCUT2D eigenvalue weighted by Gasteiger charge is -2.20. The van der Waals surface area contributed by atoms with Crippen LogP contribution in [0.1, 0.15) is 17.7 Å². The van der Waals surface area contributed by atoms with Gasteiger partial charge in [0.15, 0.2) is 0 Å². The van der Waals surface area contributed by atoms with E-state index in [0.717, 1.165) is 43.9 Å². The molecule has 0 N–H and O–H groups in total. The molecule has 1 aromatic heterocycles. The molecule has 0 bridgehead atoms. The van der Waals surface area contributed by atoms with Crippen molar-refractivity contribution in [2.75, 3.05) is 20.1 Å². The first-order valence-corrected chi connectivity index (χ1v) is 7.27. The molecule has 0 radical (unpaired) electrons. The molecule has 0 aliphatic carbocycles. The highest BCUT2D eigenvalue weighted by Gasteiger charge is 2.23. The van der Waals surface area contributed by atoms with Gasteiger partial charge in [0.2, 0.25) is 0 Å². The van der Waals surface area contributed by atoms with Crippen molar-refractivity contribution in [2.24, 2.45) is 0 Å². The van der Waals surface area contributed by atoms with Crippen molar-refractivity contribution >= 4 is 0 Å². The molecule has 3 heteroatoms. The topological polar surface area (TPSA) is 25.6 Å². The van der Waals surface area contributed by atoms with Crippen LogP contribution in [0.5, 0.6) is 5.75 Å². The van der Waals surface area contributed by atoms with Crippen molar-refractivity contribution in [2.45, 2.75) is 25.4 Å². The Hall–Kier alpha value is -1.74.